The van der Waals surface area contributed by atoms with E-state index in [9.17, 15) is 35.9 Å². The Bertz CT molecular complexity index is 985. The number of halogens is 6. The van der Waals surface area contributed by atoms with Gasteiger partial charge in [-0.05, 0) is 55.8 Å². The molecule has 5 nitrogen and oxygen atoms in total. The number of hydrogen-bond donors (Lipinski definition) is 3. The van der Waals surface area contributed by atoms with E-state index in [0.717, 1.165) is 36.4 Å². The summed E-state index contributed by atoms with van der Waals surface area (Å²) in [7, 11) is 0. The number of aliphatic carboxylic acids is 1. The van der Waals surface area contributed by atoms with Gasteiger partial charge < -0.3 is 15.7 Å². The molecule has 2 aromatic carbocycles. The number of carboxylic acids is 1. The molecule has 0 unspecified atom stereocenters. The van der Waals surface area contributed by atoms with E-state index in [1.54, 1.807) is 13.8 Å². The number of anilines is 2. The van der Waals surface area contributed by atoms with Crippen LogP contribution in [0.5, 0.6) is 0 Å². The predicted molar refractivity (Wildman–Crippen MR) is 113 cm³/mol. The van der Waals surface area contributed by atoms with Crippen molar-refractivity contribution in [2.24, 2.45) is 0 Å². The van der Waals surface area contributed by atoms with E-state index in [1.807, 2.05) is 0 Å². The number of aldehydes is 1. The molecule has 0 atom stereocenters. The van der Waals surface area contributed by atoms with Crippen LogP contribution in [0.15, 0.2) is 42.5 Å². The van der Waals surface area contributed by atoms with Crippen LogP contribution in [-0.2, 0) is 17.1 Å². The van der Waals surface area contributed by atoms with Crippen molar-refractivity contribution >= 4 is 29.7 Å². The smallest absolute Gasteiger partial charge is 0.416 e. The first-order valence-electron chi connectivity index (χ1n) is 9.59. The summed E-state index contributed by atoms with van der Waals surface area (Å²) in [5.41, 5.74) is -0.445. The van der Waals surface area contributed by atoms with Gasteiger partial charge in [-0.15, -0.1) is 0 Å². The molecule has 0 aliphatic heterocycles. The van der Waals surface area contributed by atoms with Gasteiger partial charge in [-0.3, -0.25) is 4.79 Å². The van der Waals surface area contributed by atoms with Gasteiger partial charge in [0.2, 0.25) is 0 Å². The number of hydrogen-bond acceptors (Lipinski definition) is 4. The molecule has 2 rings (SSSR count). The number of benzene rings is 2. The molecular weight excluding hydrogens is 454 g/mol. The molecule has 180 valence electrons. The van der Waals surface area contributed by atoms with Crippen LogP contribution in [0.2, 0.25) is 0 Å². The van der Waals surface area contributed by atoms with Gasteiger partial charge in [-0.25, -0.2) is 4.79 Å². The summed E-state index contributed by atoms with van der Waals surface area (Å²) in [6.07, 6.45) is -6.15. The van der Waals surface area contributed by atoms with E-state index in [1.165, 1.54) is 12.1 Å². The summed E-state index contributed by atoms with van der Waals surface area (Å²) in [6.45, 7) is 4.39. The Morgan fingerprint density at radius 2 is 1.27 bits per heavy atom. The number of carboxylic acid groups (broad SMARTS) is 1. The molecular formula is C22H22F6N2O3. The highest BCUT2D eigenvalue weighted by Crippen LogP contribution is 2.33. The highest BCUT2D eigenvalue weighted by atomic mass is 19.4. The number of nitrogens with one attached hydrogen (secondary N) is 2. The summed E-state index contributed by atoms with van der Waals surface area (Å²) in [6, 6.07) is 6.11. The molecule has 0 bridgehead atoms. The molecule has 0 heterocycles. The van der Waals surface area contributed by atoms with Crippen LogP contribution in [0.4, 0.5) is 37.7 Å². The minimum absolute atomic E-state index is 0.210. The van der Waals surface area contributed by atoms with Crippen molar-refractivity contribution in [3.63, 3.8) is 0 Å². The van der Waals surface area contributed by atoms with E-state index in [4.69, 9.17) is 5.11 Å². The van der Waals surface area contributed by atoms with Gasteiger partial charge in [0, 0.05) is 36.1 Å². The molecule has 0 aliphatic carbocycles. The van der Waals surface area contributed by atoms with Crippen molar-refractivity contribution in [3.05, 3.63) is 64.7 Å². The second kappa shape index (κ2) is 11.9. The van der Waals surface area contributed by atoms with Crippen LogP contribution >= 0.6 is 0 Å². The average molecular weight is 476 g/mol. The maximum atomic E-state index is 12.5. The lowest BCUT2D eigenvalue weighted by Gasteiger charge is -2.12. The van der Waals surface area contributed by atoms with Crippen molar-refractivity contribution < 1.29 is 41.0 Å². The molecule has 33 heavy (non-hydrogen) atoms. The zero-order valence-corrected chi connectivity index (χ0v) is 17.6. The Balaban J connectivity index is 0.000000335. The summed E-state index contributed by atoms with van der Waals surface area (Å²) in [4.78, 5) is 20.9. The minimum Gasteiger partial charge on any atom is -0.478 e. The standard InChI is InChI=1S/C12H12F3NO2.C10H10F3NO/c1-2-16-10-7-9(12(13,14)15)5-3-8(10)4-6-11(17)18;1-2-14-9-5-8(10(11,12)13)4-3-7(9)6-15/h3-7,16H,2H2,1H3,(H,17,18);3-6,14H,2H2,1H3. The Labute approximate surface area is 186 Å². The minimum atomic E-state index is -4.42. The Hall–Kier alpha value is -3.50. The highest BCUT2D eigenvalue weighted by Gasteiger charge is 2.31. The van der Waals surface area contributed by atoms with Crippen molar-refractivity contribution in [2.75, 3.05) is 23.7 Å². The zero-order valence-electron chi connectivity index (χ0n) is 17.6. The molecule has 0 amide bonds. The first-order chi connectivity index (χ1) is 15.3. The molecule has 2 aromatic rings. The first kappa shape index (κ1) is 27.5. The third-order valence-electron chi connectivity index (χ3n) is 4.03. The van der Waals surface area contributed by atoms with E-state index >= 15 is 0 Å². The van der Waals surface area contributed by atoms with Gasteiger partial charge in [-0.2, -0.15) is 26.3 Å². The van der Waals surface area contributed by atoms with Crippen molar-refractivity contribution in [1.82, 2.24) is 0 Å². The number of carbonyl (C=O) groups is 2. The van der Waals surface area contributed by atoms with E-state index in [-0.39, 0.29) is 16.9 Å². The molecule has 0 saturated heterocycles. The van der Waals surface area contributed by atoms with Crippen LogP contribution in [0.1, 0.15) is 40.9 Å². The monoisotopic (exact) mass is 476 g/mol. The SMILES string of the molecule is CCNc1cc(C(F)(F)F)ccc1C=CC(=O)O.CCNc1cc(C(F)(F)F)ccc1C=O. The zero-order chi connectivity index (χ0) is 25.2. The second-order valence-corrected chi connectivity index (χ2v) is 6.45. The quantitative estimate of drug-likeness (QED) is 0.253. The maximum Gasteiger partial charge on any atom is 0.416 e. The van der Waals surface area contributed by atoms with Crippen LogP contribution in [0, 0.1) is 0 Å². The number of carbonyl (C=O) groups excluding carboxylic acids is 1. The van der Waals surface area contributed by atoms with Crippen molar-refractivity contribution in [3.8, 4) is 0 Å². The Kier molecular flexibility index (Phi) is 9.96. The van der Waals surface area contributed by atoms with Gasteiger partial charge in [0.1, 0.15) is 0 Å². The molecule has 0 aliphatic rings. The van der Waals surface area contributed by atoms with Crippen LogP contribution in [0.25, 0.3) is 6.08 Å². The molecule has 0 fully saturated rings. The fourth-order valence-corrected chi connectivity index (χ4v) is 2.56. The normalized spacial score (nSPS) is 11.5. The van der Waals surface area contributed by atoms with Crippen LogP contribution < -0.4 is 10.6 Å². The third kappa shape index (κ3) is 8.87. The van der Waals surface area contributed by atoms with Crippen molar-refractivity contribution in [1.29, 1.82) is 0 Å². The van der Waals surface area contributed by atoms with Gasteiger partial charge in [-0.1, -0.05) is 6.07 Å². The average Bonchev–Trinajstić information content (AvgIpc) is 2.72. The topological polar surface area (TPSA) is 78.4 Å². The molecule has 0 spiro atoms. The third-order valence-corrected chi connectivity index (χ3v) is 4.03. The second-order valence-electron chi connectivity index (χ2n) is 6.45. The maximum absolute atomic E-state index is 12.5. The molecule has 0 saturated carbocycles. The van der Waals surface area contributed by atoms with Crippen LogP contribution in [0.3, 0.4) is 0 Å². The van der Waals surface area contributed by atoms with Crippen LogP contribution in [-0.4, -0.2) is 30.5 Å². The van der Waals surface area contributed by atoms with Gasteiger partial charge in [0.25, 0.3) is 0 Å². The van der Waals surface area contributed by atoms with Gasteiger partial charge in [0.05, 0.1) is 11.1 Å². The molecule has 0 radical (unpaired) electrons. The fraction of sp³-hybridized carbons (Fsp3) is 0.273. The van der Waals surface area contributed by atoms with E-state index in [0.29, 0.717) is 24.9 Å². The highest BCUT2D eigenvalue weighted by molar-refractivity contribution is 5.87. The number of rotatable bonds is 7. The number of alkyl halides is 6. The predicted octanol–water partition coefficient (Wildman–Crippen LogP) is 6.18. The summed E-state index contributed by atoms with van der Waals surface area (Å²) in [5.74, 6) is -1.16. The largest absolute Gasteiger partial charge is 0.478 e. The van der Waals surface area contributed by atoms with Gasteiger partial charge >= 0.3 is 18.3 Å². The molecule has 0 aromatic heterocycles. The Morgan fingerprint density at radius 3 is 1.64 bits per heavy atom. The molecule has 3 N–H and O–H groups in total. The van der Waals surface area contributed by atoms with E-state index in [2.05, 4.69) is 10.6 Å². The Morgan fingerprint density at radius 1 is 0.848 bits per heavy atom. The summed E-state index contributed by atoms with van der Waals surface area (Å²) in [5, 5.41) is 14.0. The van der Waals surface area contributed by atoms with Gasteiger partial charge in [0.15, 0.2) is 6.29 Å². The lowest BCUT2D eigenvalue weighted by molar-refractivity contribution is -0.138. The summed E-state index contributed by atoms with van der Waals surface area (Å²) < 4.78 is 74.5. The molecule has 11 heteroatoms. The lowest BCUT2D eigenvalue weighted by Crippen LogP contribution is -2.08. The lowest BCUT2D eigenvalue weighted by atomic mass is 10.1. The van der Waals surface area contributed by atoms with Crippen molar-refractivity contribution in [2.45, 2.75) is 26.2 Å². The van der Waals surface area contributed by atoms with E-state index < -0.39 is 29.4 Å². The fourth-order valence-electron chi connectivity index (χ4n) is 2.56. The summed E-state index contributed by atoms with van der Waals surface area (Å²) >= 11 is 0. The first-order valence-corrected chi connectivity index (χ1v) is 9.59.